The Labute approximate surface area is 102 Å². The van der Waals surface area contributed by atoms with Crippen LogP contribution in [0.2, 0.25) is 0 Å². The van der Waals surface area contributed by atoms with E-state index in [1.165, 1.54) is 0 Å². The molecule has 4 heteroatoms. The van der Waals surface area contributed by atoms with Crippen molar-refractivity contribution in [3.63, 3.8) is 0 Å². The Morgan fingerprint density at radius 3 is 2.29 bits per heavy atom. The molecule has 1 saturated heterocycles. The van der Waals surface area contributed by atoms with Crippen LogP contribution in [-0.2, 0) is 9.59 Å². The molecule has 0 radical (unpaired) electrons. The fraction of sp³-hybridized carbons (Fsp3) is 0.846. The first-order chi connectivity index (χ1) is 8.01. The first-order valence-electron chi connectivity index (χ1n) is 6.52. The third-order valence-electron chi connectivity index (χ3n) is 4.34. The van der Waals surface area contributed by atoms with Gasteiger partial charge in [-0.3, -0.25) is 9.59 Å². The molecule has 17 heavy (non-hydrogen) atoms. The molecule has 4 nitrogen and oxygen atoms in total. The molecule has 1 N–H and O–H groups in total. The van der Waals surface area contributed by atoms with E-state index < -0.39 is 5.97 Å². The maximum absolute atomic E-state index is 12.2. The van der Waals surface area contributed by atoms with Gasteiger partial charge in [-0.05, 0) is 31.6 Å². The minimum absolute atomic E-state index is 0.111. The Morgan fingerprint density at radius 2 is 1.88 bits per heavy atom. The molecule has 2 rings (SSSR count). The minimum atomic E-state index is -0.722. The van der Waals surface area contributed by atoms with Crippen LogP contribution >= 0.6 is 0 Å². The fourth-order valence-electron chi connectivity index (χ4n) is 2.89. The number of amides is 1. The van der Waals surface area contributed by atoms with Crippen molar-refractivity contribution in [3.8, 4) is 0 Å². The Hall–Kier alpha value is -1.06. The smallest absolute Gasteiger partial charge is 0.303 e. The maximum atomic E-state index is 12.2. The van der Waals surface area contributed by atoms with Crippen molar-refractivity contribution in [2.24, 2.45) is 11.3 Å². The van der Waals surface area contributed by atoms with Crippen molar-refractivity contribution in [3.05, 3.63) is 0 Å². The molecule has 0 aromatic heterocycles. The third kappa shape index (κ3) is 2.61. The number of rotatable bonds is 3. The summed E-state index contributed by atoms with van der Waals surface area (Å²) in [6.07, 6.45) is 5.13. The normalized spacial score (nSPS) is 24.2. The van der Waals surface area contributed by atoms with Crippen LogP contribution in [0.4, 0.5) is 0 Å². The molecule has 1 saturated carbocycles. The van der Waals surface area contributed by atoms with Gasteiger partial charge < -0.3 is 10.0 Å². The van der Waals surface area contributed by atoms with Gasteiger partial charge in [0.15, 0.2) is 0 Å². The highest BCUT2D eigenvalue weighted by Crippen LogP contribution is 2.42. The number of piperidine rings is 1. The topological polar surface area (TPSA) is 57.6 Å². The molecule has 0 spiro atoms. The lowest BCUT2D eigenvalue weighted by Gasteiger charge is -2.42. The van der Waals surface area contributed by atoms with E-state index in [0.29, 0.717) is 0 Å². The molecule has 0 unspecified atom stereocenters. The van der Waals surface area contributed by atoms with Gasteiger partial charge in [0, 0.05) is 24.9 Å². The van der Waals surface area contributed by atoms with Crippen LogP contribution in [0, 0.1) is 11.3 Å². The van der Waals surface area contributed by atoms with E-state index in [1.54, 1.807) is 0 Å². The summed E-state index contributed by atoms with van der Waals surface area (Å²) in [4.78, 5) is 24.8. The van der Waals surface area contributed by atoms with E-state index in [4.69, 9.17) is 5.11 Å². The van der Waals surface area contributed by atoms with Crippen LogP contribution in [0.25, 0.3) is 0 Å². The summed E-state index contributed by atoms with van der Waals surface area (Å²) < 4.78 is 0. The largest absolute Gasteiger partial charge is 0.481 e. The molecule has 0 atom stereocenters. The number of likely N-dealkylation sites (tertiary alicyclic amines) is 1. The Balaban J connectivity index is 1.82. The minimum Gasteiger partial charge on any atom is -0.481 e. The molecule has 2 aliphatic rings. The Kier molecular flexibility index (Phi) is 3.40. The number of aliphatic carboxylic acids is 1. The van der Waals surface area contributed by atoms with E-state index in [0.717, 1.165) is 45.2 Å². The van der Waals surface area contributed by atoms with Gasteiger partial charge in [-0.15, -0.1) is 0 Å². The number of nitrogens with zero attached hydrogens (tertiary/aromatic N) is 1. The first-order valence-corrected chi connectivity index (χ1v) is 6.52. The highest BCUT2D eigenvalue weighted by molar-refractivity contribution is 5.83. The lowest BCUT2D eigenvalue weighted by Crippen LogP contribution is -2.49. The Morgan fingerprint density at radius 1 is 1.29 bits per heavy atom. The molecule has 2 fully saturated rings. The molecule has 1 aliphatic carbocycles. The van der Waals surface area contributed by atoms with Crippen molar-refractivity contribution in [2.45, 2.75) is 45.4 Å². The average Bonchev–Trinajstić information content (AvgIpc) is 2.25. The zero-order valence-corrected chi connectivity index (χ0v) is 10.4. The monoisotopic (exact) mass is 239 g/mol. The molecular weight excluding hydrogens is 218 g/mol. The van der Waals surface area contributed by atoms with Crippen LogP contribution in [0.15, 0.2) is 0 Å². The maximum Gasteiger partial charge on any atom is 0.303 e. The second-order valence-electron chi connectivity index (χ2n) is 5.75. The number of carboxylic acid groups (broad SMARTS) is 1. The molecule has 0 bridgehead atoms. The van der Waals surface area contributed by atoms with Crippen LogP contribution in [0.1, 0.15) is 45.4 Å². The number of hydrogen-bond donors (Lipinski definition) is 1. The zero-order valence-electron chi connectivity index (χ0n) is 10.4. The zero-order chi connectivity index (χ0) is 12.5. The van der Waals surface area contributed by atoms with Crippen molar-refractivity contribution < 1.29 is 14.7 Å². The average molecular weight is 239 g/mol. The fourth-order valence-corrected chi connectivity index (χ4v) is 2.89. The summed E-state index contributed by atoms with van der Waals surface area (Å²) >= 11 is 0. The summed E-state index contributed by atoms with van der Waals surface area (Å²) in [5, 5.41) is 8.74. The van der Waals surface area contributed by atoms with Crippen LogP contribution in [0.5, 0.6) is 0 Å². The predicted molar refractivity (Wildman–Crippen MR) is 63.5 cm³/mol. The van der Waals surface area contributed by atoms with Crippen LogP contribution in [-0.4, -0.2) is 35.0 Å². The molecule has 0 aromatic rings. The van der Waals surface area contributed by atoms with Crippen molar-refractivity contribution in [1.82, 2.24) is 4.90 Å². The standard InChI is InChI=1S/C13H21NO3/c1-13(5-2-6-13)12(17)14-7-3-10(4-8-14)9-11(15)16/h10H,2-9H2,1H3,(H,15,16). The van der Waals surface area contributed by atoms with Gasteiger partial charge in [-0.25, -0.2) is 0 Å². The summed E-state index contributed by atoms with van der Waals surface area (Å²) in [5.41, 5.74) is -0.111. The SMILES string of the molecule is CC1(C(=O)N2CCC(CC(=O)O)CC2)CCC1. The van der Waals surface area contributed by atoms with E-state index >= 15 is 0 Å². The molecular formula is C13H21NO3. The number of hydrogen-bond acceptors (Lipinski definition) is 2. The summed E-state index contributed by atoms with van der Waals surface area (Å²) in [7, 11) is 0. The lowest BCUT2D eigenvalue weighted by molar-refractivity contribution is -0.147. The van der Waals surface area contributed by atoms with E-state index in [2.05, 4.69) is 6.92 Å². The summed E-state index contributed by atoms with van der Waals surface area (Å²) in [6, 6.07) is 0. The number of carboxylic acids is 1. The van der Waals surface area contributed by atoms with Gasteiger partial charge in [0.2, 0.25) is 5.91 Å². The summed E-state index contributed by atoms with van der Waals surface area (Å²) in [5.74, 6) is -0.177. The molecule has 0 aromatic carbocycles. The highest BCUT2D eigenvalue weighted by atomic mass is 16.4. The van der Waals surface area contributed by atoms with Gasteiger partial charge in [0.05, 0.1) is 0 Å². The van der Waals surface area contributed by atoms with Crippen molar-refractivity contribution >= 4 is 11.9 Å². The van der Waals surface area contributed by atoms with Gasteiger partial charge in [-0.2, -0.15) is 0 Å². The number of carbonyl (C=O) groups excluding carboxylic acids is 1. The quantitative estimate of drug-likeness (QED) is 0.818. The van der Waals surface area contributed by atoms with Crippen molar-refractivity contribution in [1.29, 1.82) is 0 Å². The predicted octanol–water partition coefficient (Wildman–Crippen LogP) is 1.89. The first kappa shape index (κ1) is 12.4. The molecule has 96 valence electrons. The molecule has 1 aliphatic heterocycles. The molecule has 1 heterocycles. The van der Waals surface area contributed by atoms with Gasteiger partial charge in [-0.1, -0.05) is 13.3 Å². The van der Waals surface area contributed by atoms with E-state index in [1.807, 2.05) is 4.90 Å². The van der Waals surface area contributed by atoms with E-state index in [9.17, 15) is 9.59 Å². The van der Waals surface area contributed by atoms with Gasteiger partial charge in [0.25, 0.3) is 0 Å². The Bertz CT molecular complexity index is 315. The van der Waals surface area contributed by atoms with Crippen LogP contribution in [0.3, 0.4) is 0 Å². The second-order valence-corrected chi connectivity index (χ2v) is 5.75. The van der Waals surface area contributed by atoms with Gasteiger partial charge in [0.1, 0.15) is 0 Å². The van der Waals surface area contributed by atoms with Gasteiger partial charge >= 0.3 is 5.97 Å². The number of carbonyl (C=O) groups is 2. The molecule has 1 amide bonds. The summed E-state index contributed by atoms with van der Waals surface area (Å²) in [6.45, 7) is 3.54. The van der Waals surface area contributed by atoms with Crippen molar-refractivity contribution in [2.75, 3.05) is 13.1 Å². The van der Waals surface area contributed by atoms with Crippen LogP contribution < -0.4 is 0 Å². The second kappa shape index (κ2) is 4.67. The lowest BCUT2D eigenvalue weighted by atomic mass is 9.69. The van der Waals surface area contributed by atoms with E-state index in [-0.39, 0.29) is 23.7 Å². The highest BCUT2D eigenvalue weighted by Gasteiger charge is 2.42. The third-order valence-corrected chi connectivity index (χ3v) is 4.34.